The predicted molar refractivity (Wildman–Crippen MR) is 203 cm³/mol. The zero-order valence-electron chi connectivity index (χ0n) is 28.8. The molecule has 0 radical (unpaired) electrons. The van der Waals surface area contributed by atoms with Gasteiger partial charge in [0, 0.05) is 53.9 Å². The van der Waals surface area contributed by atoms with Crippen LogP contribution in [0.2, 0.25) is 5.28 Å². The molecular weight excluding hydrogens is 708 g/mol. The van der Waals surface area contributed by atoms with E-state index in [-0.39, 0.29) is 22.2 Å². The number of carbonyl (C=O) groups is 1. The van der Waals surface area contributed by atoms with E-state index in [9.17, 15) is 19.2 Å². The Morgan fingerprint density at radius 1 is 0.736 bits per heavy atom. The van der Waals surface area contributed by atoms with Gasteiger partial charge >= 0.3 is 0 Å². The number of aromatic amines is 4. The smallest absolute Gasteiger partial charge is 0.300 e. The van der Waals surface area contributed by atoms with Gasteiger partial charge in [0.2, 0.25) is 11.2 Å². The average Bonchev–Trinajstić information content (AvgIpc) is 4.06. The second kappa shape index (κ2) is 16.6. The topological polar surface area (TPSA) is 282 Å². The predicted octanol–water partition coefficient (Wildman–Crippen LogP) is 3.53. The van der Waals surface area contributed by atoms with Crippen molar-refractivity contribution >= 4 is 68.1 Å². The monoisotopic (exact) mass is 744 g/mol. The number of aromatic nitrogens is 8. The summed E-state index contributed by atoms with van der Waals surface area (Å²) in [4.78, 5) is 71.7. The fourth-order valence-electron chi connectivity index (χ4n) is 4.64. The molecular formula is C34H37ClN12O6. The third-order valence-corrected chi connectivity index (χ3v) is 7.81. The summed E-state index contributed by atoms with van der Waals surface area (Å²) in [7, 11) is 0. The summed E-state index contributed by atoms with van der Waals surface area (Å²) in [6.45, 7) is 5.01. The molecule has 18 nitrogen and oxygen atoms in total. The highest BCUT2D eigenvalue weighted by Gasteiger charge is 2.23. The van der Waals surface area contributed by atoms with Crippen LogP contribution in [0.25, 0.3) is 21.5 Å². The van der Waals surface area contributed by atoms with E-state index >= 15 is 0 Å². The van der Waals surface area contributed by atoms with Crippen LogP contribution in [-0.4, -0.2) is 63.5 Å². The molecule has 4 aromatic heterocycles. The normalized spacial score (nSPS) is 13.0. The lowest BCUT2D eigenvalue weighted by atomic mass is 10.2. The van der Waals surface area contributed by atoms with Crippen molar-refractivity contribution in [1.82, 2.24) is 40.3 Å². The highest BCUT2D eigenvalue weighted by molar-refractivity contribution is 6.28. The summed E-state index contributed by atoms with van der Waals surface area (Å²) < 4.78 is 0. The van der Waals surface area contributed by atoms with Gasteiger partial charge in [0.1, 0.15) is 11.6 Å². The number of halogens is 1. The first kappa shape index (κ1) is 37.7. The molecule has 19 heteroatoms. The van der Waals surface area contributed by atoms with Gasteiger partial charge in [-0.25, -0.2) is 15.0 Å². The molecule has 276 valence electrons. The zero-order chi connectivity index (χ0) is 38.2. The molecule has 2 aliphatic rings. The fraction of sp³-hybridized carbons (Fsp3) is 0.265. The number of carboxylic acid groups (broad SMARTS) is 1. The van der Waals surface area contributed by atoms with Crippen molar-refractivity contribution in [2.24, 2.45) is 0 Å². The number of nitrogens with one attached hydrogen (secondary N) is 7. The van der Waals surface area contributed by atoms with Crippen LogP contribution >= 0.6 is 11.6 Å². The molecule has 0 spiro atoms. The van der Waals surface area contributed by atoms with Gasteiger partial charge in [-0.15, -0.1) is 0 Å². The Balaban J connectivity index is 0.000000158. The molecule has 0 unspecified atom stereocenters. The molecule has 4 heterocycles. The van der Waals surface area contributed by atoms with Crippen molar-refractivity contribution in [2.45, 2.75) is 58.5 Å². The van der Waals surface area contributed by atoms with Crippen molar-refractivity contribution in [3.8, 4) is 0 Å². The first-order valence-electron chi connectivity index (χ1n) is 16.3. The number of benzene rings is 2. The van der Waals surface area contributed by atoms with Gasteiger partial charge in [-0.3, -0.25) is 44.4 Å². The van der Waals surface area contributed by atoms with E-state index in [1.165, 1.54) is 25.0 Å². The summed E-state index contributed by atoms with van der Waals surface area (Å²) in [5.74, 6) is 1.28. The minimum atomic E-state index is -0.833. The molecule has 2 fully saturated rings. The number of nitrogen functional groups attached to an aromatic ring is 1. The molecule has 8 rings (SSSR count). The van der Waals surface area contributed by atoms with Crippen molar-refractivity contribution in [1.29, 1.82) is 0 Å². The molecule has 2 aliphatic carbocycles. The largest absolute Gasteiger partial charge is 0.481 e. The van der Waals surface area contributed by atoms with E-state index in [1.807, 2.05) is 13.8 Å². The molecule has 2 aromatic carbocycles. The Bertz CT molecular complexity index is 2500. The van der Waals surface area contributed by atoms with E-state index in [1.54, 1.807) is 36.7 Å². The number of aryl methyl sites for hydroxylation is 2. The molecule has 53 heavy (non-hydrogen) atoms. The van der Waals surface area contributed by atoms with Gasteiger partial charge in [-0.05, 0) is 87.5 Å². The van der Waals surface area contributed by atoms with Crippen LogP contribution in [0.5, 0.6) is 0 Å². The van der Waals surface area contributed by atoms with Crippen LogP contribution in [0.15, 0.2) is 68.0 Å². The number of rotatable bonds is 6. The minimum Gasteiger partial charge on any atom is -0.481 e. The number of hydrogen-bond acceptors (Lipinski definition) is 13. The van der Waals surface area contributed by atoms with Crippen LogP contribution < -0.4 is 43.9 Å². The van der Waals surface area contributed by atoms with Gasteiger partial charge in [-0.2, -0.15) is 4.98 Å². The second-order valence-corrected chi connectivity index (χ2v) is 12.6. The fourth-order valence-corrected chi connectivity index (χ4v) is 4.77. The van der Waals surface area contributed by atoms with E-state index in [2.05, 4.69) is 56.3 Å². The third-order valence-electron chi connectivity index (χ3n) is 7.63. The average molecular weight is 745 g/mol. The maximum atomic E-state index is 11.9. The SMILES string of the molecule is CC(=O)O.Cc1cnc(Cl)nc1NC1CC1.Cc1cnc(Nc2ccc3c(=O)[nH][nH]c(=O)c3c2)nc1NC1CC1.Nc1ccc2c(=O)[nH][nH]c(=O)c2c1. The van der Waals surface area contributed by atoms with Crippen LogP contribution in [0.1, 0.15) is 43.7 Å². The summed E-state index contributed by atoms with van der Waals surface area (Å²) in [6, 6.07) is 10.6. The number of aliphatic carboxylic acids is 1. The molecule has 10 N–H and O–H groups in total. The van der Waals surface area contributed by atoms with Crippen molar-refractivity contribution < 1.29 is 9.90 Å². The number of H-pyrrole nitrogens is 4. The Labute approximate surface area is 304 Å². The van der Waals surface area contributed by atoms with Crippen LogP contribution in [-0.2, 0) is 4.79 Å². The Hall–Kier alpha value is -6.56. The van der Waals surface area contributed by atoms with E-state index in [4.69, 9.17) is 27.2 Å². The standard InChI is InChI=1S/C16H16N6O2.C8H10ClN3.C8H7N3O2.C2H4O2/c1-8-7-17-16(20-13(8)18-9-2-3-9)19-10-4-5-11-12(6-10)15(24)22-21-14(11)23;1-5-4-10-8(9)12-7(5)11-6-2-3-6;9-4-1-2-5-6(3-4)8(13)11-10-7(5)12;1-2(3)4/h4-7,9H,2-3H2,1H3,(H,21,23)(H,22,24)(H2,17,18,19,20);4,6H,2-3H2,1H3,(H,10,11,12);1-3H,9H2,(H,10,12)(H,11,13);1H3,(H,3,4). The van der Waals surface area contributed by atoms with Crippen LogP contribution in [0, 0.1) is 13.8 Å². The van der Waals surface area contributed by atoms with Gasteiger partial charge in [0.25, 0.3) is 28.2 Å². The molecule has 2 saturated carbocycles. The summed E-state index contributed by atoms with van der Waals surface area (Å²) in [6.07, 6.45) is 8.28. The van der Waals surface area contributed by atoms with E-state index < -0.39 is 5.97 Å². The van der Waals surface area contributed by atoms with Gasteiger partial charge < -0.3 is 26.8 Å². The Kier molecular flexibility index (Phi) is 11.8. The van der Waals surface area contributed by atoms with Gasteiger partial charge in [0.05, 0.1) is 21.5 Å². The number of anilines is 5. The summed E-state index contributed by atoms with van der Waals surface area (Å²) in [5, 5.41) is 27.8. The first-order valence-corrected chi connectivity index (χ1v) is 16.7. The number of fused-ring (bicyclic) bond motifs is 2. The van der Waals surface area contributed by atoms with Gasteiger partial charge in [-0.1, -0.05) is 0 Å². The molecule has 0 aliphatic heterocycles. The van der Waals surface area contributed by atoms with Crippen LogP contribution in [0.4, 0.5) is 29.0 Å². The summed E-state index contributed by atoms with van der Waals surface area (Å²) >= 11 is 5.66. The number of hydrogen-bond donors (Lipinski definition) is 9. The number of carboxylic acids is 1. The van der Waals surface area contributed by atoms with E-state index in [0.29, 0.717) is 56.2 Å². The lowest BCUT2D eigenvalue weighted by Crippen LogP contribution is -2.18. The van der Waals surface area contributed by atoms with Crippen molar-refractivity contribution in [3.63, 3.8) is 0 Å². The highest BCUT2D eigenvalue weighted by Crippen LogP contribution is 2.27. The Morgan fingerprint density at radius 3 is 1.72 bits per heavy atom. The minimum absolute atomic E-state index is 0.309. The summed E-state index contributed by atoms with van der Waals surface area (Å²) in [5.41, 5.74) is 7.25. The number of nitrogens with two attached hydrogens (primary N) is 1. The molecule has 0 amide bonds. The van der Waals surface area contributed by atoms with Crippen molar-refractivity contribution in [2.75, 3.05) is 21.7 Å². The highest BCUT2D eigenvalue weighted by atomic mass is 35.5. The van der Waals surface area contributed by atoms with E-state index in [0.717, 1.165) is 42.5 Å². The van der Waals surface area contributed by atoms with Crippen molar-refractivity contribution in [3.05, 3.63) is 107 Å². The molecule has 0 saturated heterocycles. The molecule has 6 aromatic rings. The van der Waals surface area contributed by atoms with Crippen LogP contribution in [0.3, 0.4) is 0 Å². The zero-order valence-corrected chi connectivity index (χ0v) is 29.6. The first-order chi connectivity index (χ1) is 25.3. The Morgan fingerprint density at radius 2 is 1.19 bits per heavy atom. The third kappa shape index (κ3) is 10.7. The lowest BCUT2D eigenvalue weighted by molar-refractivity contribution is -0.134. The lowest BCUT2D eigenvalue weighted by Gasteiger charge is -2.10. The quantitative estimate of drug-likeness (QED) is 0.0871. The maximum absolute atomic E-state index is 11.9. The van der Waals surface area contributed by atoms with Gasteiger partial charge in [0.15, 0.2) is 0 Å². The second-order valence-electron chi connectivity index (χ2n) is 12.3. The number of nitrogens with zero attached hydrogens (tertiary/aromatic N) is 4. The maximum Gasteiger partial charge on any atom is 0.300 e. The molecule has 0 atom stereocenters. The molecule has 0 bridgehead atoms.